The second kappa shape index (κ2) is 7.41. The van der Waals surface area contributed by atoms with E-state index >= 15 is 0 Å². The molecule has 1 atom stereocenters. The molecule has 0 heterocycles. The Kier molecular flexibility index (Phi) is 5.31. The first-order valence-corrected chi connectivity index (χ1v) is 7.07. The second-order valence-corrected chi connectivity index (χ2v) is 4.99. The minimum Gasteiger partial charge on any atom is -0.467 e. The van der Waals surface area contributed by atoms with Crippen molar-refractivity contribution in [2.24, 2.45) is 0 Å². The molecule has 0 radical (unpaired) electrons. The molecule has 1 unspecified atom stereocenters. The van der Waals surface area contributed by atoms with Gasteiger partial charge in [0.2, 0.25) is 0 Å². The Morgan fingerprint density at radius 2 is 1.55 bits per heavy atom. The first-order valence-electron chi connectivity index (χ1n) is 7.07. The fourth-order valence-corrected chi connectivity index (χ4v) is 2.36. The number of nitrogens with zero attached hydrogens (tertiary/aromatic N) is 1. The number of hydrogen-bond donors (Lipinski definition) is 0. The van der Waals surface area contributed by atoms with Crippen LogP contribution in [0.4, 0.5) is 5.69 Å². The van der Waals surface area contributed by atoms with Gasteiger partial charge in [0.05, 0.1) is 7.11 Å². The van der Waals surface area contributed by atoms with Crippen molar-refractivity contribution in [3.63, 3.8) is 0 Å². The van der Waals surface area contributed by atoms with Crippen LogP contribution in [-0.2, 0) is 20.9 Å². The molecule has 4 heteroatoms. The van der Waals surface area contributed by atoms with E-state index in [4.69, 9.17) is 4.74 Å². The van der Waals surface area contributed by atoms with Crippen molar-refractivity contribution >= 4 is 17.4 Å². The van der Waals surface area contributed by atoms with E-state index in [2.05, 4.69) is 0 Å². The van der Waals surface area contributed by atoms with Gasteiger partial charge in [-0.25, -0.2) is 4.79 Å². The second-order valence-electron chi connectivity index (χ2n) is 4.99. The van der Waals surface area contributed by atoms with Crippen LogP contribution in [0, 0.1) is 0 Å². The van der Waals surface area contributed by atoms with Crippen molar-refractivity contribution < 1.29 is 14.3 Å². The highest BCUT2D eigenvalue weighted by molar-refractivity contribution is 6.05. The van der Waals surface area contributed by atoms with E-state index in [0.29, 0.717) is 6.54 Å². The van der Waals surface area contributed by atoms with Crippen LogP contribution in [0.3, 0.4) is 0 Å². The molecule has 2 aromatic rings. The number of rotatable bonds is 6. The largest absolute Gasteiger partial charge is 0.467 e. The van der Waals surface area contributed by atoms with E-state index in [9.17, 15) is 9.59 Å². The zero-order valence-corrected chi connectivity index (χ0v) is 12.7. The topological polar surface area (TPSA) is 46.6 Å². The van der Waals surface area contributed by atoms with Crippen LogP contribution in [0.25, 0.3) is 0 Å². The first kappa shape index (κ1) is 15.8. The first-order chi connectivity index (χ1) is 10.6. The van der Waals surface area contributed by atoms with Gasteiger partial charge in [-0.3, -0.25) is 4.79 Å². The number of ether oxygens (including phenoxy) is 1. The summed E-state index contributed by atoms with van der Waals surface area (Å²) in [5.41, 5.74) is 1.82. The molecule has 0 aliphatic carbocycles. The summed E-state index contributed by atoms with van der Waals surface area (Å²) in [5, 5.41) is 0. The van der Waals surface area contributed by atoms with Crippen LogP contribution in [0.15, 0.2) is 60.7 Å². The summed E-state index contributed by atoms with van der Waals surface area (Å²) >= 11 is 0. The van der Waals surface area contributed by atoms with E-state index in [1.54, 1.807) is 4.90 Å². The molecule has 0 N–H and O–H groups in total. The number of esters is 1. The average Bonchev–Trinajstić information content (AvgIpc) is 2.55. The Balaban J connectivity index is 2.40. The number of carbonyl (C=O) groups is 2. The van der Waals surface area contributed by atoms with Crippen molar-refractivity contribution in [1.29, 1.82) is 0 Å². The van der Waals surface area contributed by atoms with Crippen LogP contribution in [-0.4, -0.2) is 24.9 Å². The third-order valence-corrected chi connectivity index (χ3v) is 3.40. The Bertz CT molecular complexity index is 625. The van der Waals surface area contributed by atoms with E-state index in [1.165, 1.54) is 14.0 Å². The van der Waals surface area contributed by atoms with E-state index < -0.39 is 12.0 Å². The van der Waals surface area contributed by atoms with Crippen molar-refractivity contribution in [3.05, 3.63) is 66.2 Å². The molecule has 0 saturated heterocycles. The van der Waals surface area contributed by atoms with Gasteiger partial charge in [0.25, 0.3) is 0 Å². The molecule has 114 valence electrons. The SMILES string of the molecule is COC(=O)C(C(C)=O)N(Cc1ccccc1)c1ccccc1. The lowest BCUT2D eigenvalue weighted by molar-refractivity contribution is -0.145. The summed E-state index contributed by atoms with van der Waals surface area (Å²) in [5.74, 6) is -0.793. The van der Waals surface area contributed by atoms with Crippen LogP contribution in [0.5, 0.6) is 0 Å². The number of Topliss-reactive ketones (excluding diaryl/α,β-unsaturated/α-hetero) is 1. The minimum absolute atomic E-state index is 0.244. The van der Waals surface area contributed by atoms with Gasteiger partial charge in [0.15, 0.2) is 11.8 Å². The third-order valence-electron chi connectivity index (χ3n) is 3.40. The quantitative estimate of drug-likeness (QED) is 0.607. The maximum Gasteiger partial charge on any atom is 0.336 e. The van der Waals surface area contributed by atoms with Gasteiger partial charge in [0.1, 0.15) is 0 Å². The number of carbonyl (C=O) groups excluding carboxylic acids is 2. The lowest BCUT2D eigenvalue weighted by atomic mass is 10.1. The maximum atomic E-state index is 12.1. The highest BCUT2D eigenvalue weighted by Crippen LogP contribution is 2.21. The number of ketones is 1. The molecule has 2 aromatic carbocycles. The Morgan fingerprint density at radius 1 is 1.00 bits per heavy atom. The fourth-order valence-electron chi connectivity index (χ4n) is 2.36. The number of hydrogen-bond acceptors (Lipinski definition) is 4. The van der Waals surface area contributed by atoms with Gasteiger partial charge >= 0.3 is 5.97 Å². The maximum absolute atomic E-state index is 12.1. The molecule has 0 aliphatic rings. The molecule has 0 saturated carbocycles. The normalized spacial score (nSPS) is 11.5. The summed E-state index contributed by atoms with van der Waals surface area (Å²) in [4.78, 5) is 25.8. The van der Waals surface area contributed by atoms with E-state index in [0.717, 1.165) is 11.3 Å². The smallest absolute Gasteiger partial charge is 0.336 e. The van der Waals surface area contributed by atoms with Crippen molar-refractivity contribution in [3.8, 4) is 0 Å². The predicted molar refractivity (Wildman–Crippen MR) is 85.6 cm³/mol. The average molecular weight is 297 g/mol. The van der Waals surface area contributed by atoms with Gasteiger partial charge in [-0.1, -0.05) is 48.5 Å². The van der Waals surface area contributed by atoms with Gasteiger partial charge in [0, 0.05) is 12.2 Å². The molecule has 0 amide bonds. The number of methoxy groups -OCH3 is 1. The van der Waals surface area contributed by atoms with E-state index in [-0.39, 0.29) is 5.78 Å². The third kappa shape index (κ3) is 3.73. The van der Waals surface area contributed by atoms with Crippen LogP contribution >= 0.6 is 0 Å². The highest BCUT2D eigenvalue weighted by atomic mass is 16.5. The molecular weight excluding hydrogens is 278 g/mol. The molecule has 0 aromatic heterocycles. The summed E-state index contributed by atoms with van der Waals surface area (Å²) in [6.45, 7) is 1.85. The zero-order valence-electron chi connectivity index (χ0n) is 12.7. The highest BCUT2D eigenvalue weighted by Gasteiger charge is 2.31. The molecular formula is C18H19NO3. The van der Waals surface area contributed by atoms with Gasteiger partial charge in [-0.2, -0.15) is 0 Å². The number of para-hydroxylation sites is 1. The van der Waals surface area contributed by atoms with E-state index in [1.807, 2.05) is 60.7 Å². The van der Waals surface area contributed by atoms with Crippen molar-refractivity contribution in [2.75, 3.05) is 12.0 Å². The fraction of sp³-hybridized carbons (Fsp3) is 0.222. The molecule has 0 spiro atoms. The van der Waals surface area contributed by atoms with Crippen LogP contribution < -0.4 is 4.90 Å². The molecule has 0 fully saturated rings. The molecule has 0 bridgehead atoms. The van der Waals surface area contributed by atoms with Crippen LogP contribution in [0.2, 0.25) is 0 Å². The monoisotopic (exact) mass is 297 g/mol. The zero-order chi connectivity index (χ0) is 15.9. The van der Waals surface area contributed by atoms with Gasteiger partial charge in [-0.15, -0.1) is 0 Å². The van der Waals surface area contributed by atoms with Crippen molar-refractivity contribution in [1.82, 2.24) is 0 Å². The summed E-state index contributed by atoms with van der Waals surface area (Å²) in [6.07, 6.45) is 0. The van der Waals surface area contributed by atoms with Gasteiger partial charge < -0.3 is 9.64 Å². The molecule has 22 heavy (non-hydrogen) atoms. The molecule has 4 nitrogen and oxygen atoms in total. The Hall–Kier alpha value is -2.62. The summed E-state index contributed by atoms with van der Waals surface area (Å²) < 4.78 is 4.81. The lowest BCUT2D eigenvalue weighted by Gasteiger charge is -2.30. The summed E-state index contributed by atoms with van der Waals surface area (Å²) in [7, 11) is 1.30. The van der Waals surface area contributed by atoms with Gasteiger partial charge in [-0.05, 0) is 24.6 Å². The molecule has 2 rings (SSSR count). The Morgan fingerprint density at radius 3 is 2.05 bits per heavy atom. The predicted octanol–water partition coefficient (Wildman–Crippen LogP) is 2.82. The van der Waals surface area contributed by atoms with Crippen molar-refractivity contribution in [2.45, 2.75) is 19.5 Å². The van der Waals surface area contributed by atoms with Crippen LogP contribution in [0.1, 0.15) is 12.5 Å². The molecule has 0 aliphatic heterocycles. The Labute approximate surface area is 130 Å². The minimum atomic E-state index is -0.951. The standard InChI is InChI=1S/C18H19NO3/c1-14(20)17(18(21)22-2)19(16-11-7-4-8-12-16)13-15-9-5-3-6-10-15/h3-12,17H,13H2,1-2H3. The lowest BCUT2D eigenvalue weighted by Crippen LogP contribution is -2.46. The number of benzene rings is 2. The summed E-state index contributed by atoms with van der Waals surface area (Å²) in [6, 6.07) is 18.2. The number of anilines is 1.